The van der Waals surface area contributed by atoms with Crippen molar-refractivity contribution in [2.75, 3.05) is 5.32 Å². The van der Waals surface area contributed by atoms with Crippen molar-refractivity contribution in [2.45, 2.75) is 29.2 Å². The van der Waals surface area contributed by atoms with Crippen molar-refractivity contribution in [1.29, 1.82) is 0 Å². The Balaban J connectivity index is 1.93. The number of rotatable bonds is 8. The van der Waals surface area contributed by atoms with Crippen LogP contribution in [-0.4, -0.2) is 28.8 Å². The second kappa shape index (κ2) is 9.79. The first kappa shape index (κ1) is 24.5. The first-order valence-electron chi connectivity index (χ1n) is 9.72. The molecule has 3 aromatic carbocycles. The molecule has 174 valence electrons. The summed E-state index contributed by atoms with van der Waals surface area (Å²) in [5.74, 6) is -1.72. The van der Waals surface area contributed by atoms with Crippen LogP contribution < -0.4 is 15.2 Å². The van der Waals surface area contributed by atoms with Crippen LogP contribution in [0.25, 0.3) is 0 Å². The fraction of sp³-hybridized carbons (Fsp3) is 0.136. The van der Waals surface area contributed by atoms with Gasteiger partial charge in [-0.05, 0) is 48.7 Å². The molecule has 1 amide bonds. The van der Waals surface area contributed by atoms with Crippen LogP contribution in [0.2, 0.25) is 0 Å². The molecule has 0 radical (unpaired) electrons. The number of benzene rings is 3. The van der Waals surface area contributed by atoms with Crippen LogP contribution >= 0.6 is 0 Å². The van der Waals surface area contributed by atoms with E-state index < -0.39 is 42.7 Å². The first-order valence-corrected chi connectivity index (χ1v) is 12.8. The second-order valence-electron chi connectivity index (χ2n) is 7.31. The Kier molecular flexibility index (Phi) is 7.28. The second-order valence-corrected chi connectivity index (χ2v) is 10.5. The third-order valence-electron chi connectivity index (χ3n) is 4.78. The summed E-state index contributed by atoms with van der Waals surface area (Å²) in [6.45, 7) is 1.55. The van der Waals surface area contributed by atoms with Crippen molar-refractivity contribution in [3.05, 3.63) is 89.7 Å². The first-order chi connectivity index (χ1) is 15.5. The summed E-state index contributed by atoms with van der Waals surface area (Å²) < 4.78 is 65.6. The molecular formula is C22H22FN3O5S2. The van der Waals surface area contributed by atoms with Gasteiger partial charge in [-0.15, -0.1) is 0 Å². The number of sulfonamides is 2. The maximum atomic E-state index is 14.1. The number of halogens is 1. The molecule has 1 atom stereocenters. The number of hydrogen-bond donors (Lipinski definition) is 3. The summed E-state index contributed by atoms with van der Waals surface area (Å²) >= 11 is 0. The van der Waals surface area contributed by atoms with Gasteiger partial charge in [-0.2, -0.15) is 4.72 Å². The Hall–Kier alpha value is -3.12. The lowest BCUT2D eigenvalue weighted by molar-refractivity contribution is -0.117. The molecule has 0 fully saturated rings. The van der Waals surface area contributed by atoms with Gasteiger partial charge in [-0.3, -0.25) is 4.79 Å². The number of anilines is 1. The summed E-state index contributed by atoms with van der Waals surface area (Å²) in [4.78, 5) is 12.3. The highest BCUT2D eigenvalue weighted by Crippen LogP contribution is 2.20. The van der Waals surface area contributed by atoms with Gasteiger partial charge in [0.25, 0.3) is 0 Å². The van der Waals surface area contributed by atoms with E-state index in [1.807, 2.05) is 0 Å². The maximum absolute atomic E-state index is 14.1. The van der Waals surface area contributed by atoms with Crippen LogP contribution in [0, 0.1) is 12.7 Å². The number of hydrogen-bond acceptors (Lipinski definition) is 5. The largest absolute Gasteiger partial charge is 0.325 e. The van der Waals surface area contributed by atoms with Gasteiger partial charge in [0.1, 0.15) is 16.8 Å². The normalized spacial score (nSPS) is 12.8. The van der Waals surface area contributed by atoms with E-state index >= 15 is 0 Å². The summed E-state index contributed by atoms with van der Waals surface area (Å²) in [6, 6.07) is 16.3. The molecule has 0 unspecified atom stereocenters. The average Bonchev–Trinajstić information content (AvgIpc) is 2.74. The predicted molar refractivity (Wildman–Crippen MR) is 122 cm³/mol. The number of amides is 1. The van der Waals surface area contributed by atoms with Gasteiger partial charge < -0.3 is 5.32 Å². The molecule has 0 spiro atoms. The molecule has 11 heteroatoms. The number of nitrogens with two attached hydrogens (primary N) is 1. The van der Waals surface area contributed by atoms with Crippen molar-refractivity contribution in [1.82, 2.24) is 4.72 Å². The predicted octanol–water partition coefficient (Wildman–Crippen LogP) is 2.31. The van der Waals surface area contributed by atoms with Crippen LogP contribution in [0.5, 0.6) is 0 Å². The zero-order valence-electron chi connectivity index (χ0n) is 17.5. The summed E-state index contributed by atoms with van der Waals surface area (Å²) in [6.07, 6.45) is -0.0335. The topological polar surface area (TPSA) is 135 Å². The van der Waals surface area contributed by atoms with E-state index in [2.05, 4.69) is 10.0 Å². The lowest BCUT2D eigenvalue weighted by Gasteiger charge is -2.19. The minimum atomic E-state index is -4.39. The van der Waals surface area contributed by atoms with Crippen LogP contribution in [0.1, 0.15) is 11.1 Å². The van der Waals surface area contributed by atoms with Gasteiger partial charge in [0, 0.05) is 5.69 Å². The molecule has 0 aliphatic carbocycles. The molecule has 33 heavy (non-hydrogen) atoms. The van der Waals surface area contributed by atoms with Gasteiger partial charge in [-0.1, -0.05) is 48.5 Å². The van der Waals surface area contributed by atoms with E-state index in [9.17, 15) is 26.0 Å². The molecule has 4 N–H and O–H groups in total. The van der Waals surface area contributed by atoms with E-state index in [0.717, 1.165) is 12.1 Å². The molecule has 8 nitrogen and oxygen atoms in total. The van der Waals surface area contributed by atoms with Crippen molar-refractivity contribution >= 4 is 31.6 Å². The van der Waals surface area contributed by atoms with E-state index in [0.29, 0.717) is 11.1 Å². The molecule has 0 saturated carbocycles. The molecular weight excluding hydrogens is 469 g/mol. The minimum Gasteiger partial charge on any atom is -0.325 e. The molecule has 0 aromatic heterocycles. The molecule has 0 saturated heterocycles. The third-order valence-corrected chi connectivity index (χ3v) is 7.34. The summed E-state index contributed by atoms with van der Waals surface area (Å²) in [5.41, 5.74) is 1.15. The van der Waals surface area contributed by atoms with E-state index in [-0.39, 0.29) is 17.0 Å². The SMILES string of the molecule is Cc1ccc(NC(=O)[C@H](Cc2ccccc2)NS(=O)(=O)c2ccccc2F)cc1S(N)(=O)=O. The fourth-order valence-electron chi connectivity index (χ4n) is 3.16. The van der Waals surface area contributed by atoms with E-state index in [4.69, 9.17) is 5.14 Å². The number of nitrogens with one attached hydrogen (secondary N) is 2. The van der Waals surface area contributed by atoms with Crippen molar-refractivity contribution in [3.8, 4) is 0 Å². The lowest BCUT2D eigenvalue weighted by atomic mass is 10.1. The molecule has 3 aromatic rings. The Morgan fingerprint density at radius 1 is 0.939 bits per heavy atom. The number of primary sulfonamides is 1. The quantitative estimate of drug-likeness (QED) is 0.444. The van der Waals surface area contributed by atoms with Gasteiger partial charge in [-0.25, -0.2) is 26.4 Å². The standard InChI is InChI=1S/C22H22FN3O5S2/c1-15-11-12-17(14-21(15)32(24,28)29)25-22(27)19(13-16-7-3-2-4-8-16)26-33(30,31)20-10-6-5-9-18(20)23/h2-12,14,19,26H,13H2,1H3,(H,25,27)(H2,24,28,29)/t19-/m0/s1. The lowest BCUT2D eigenvalue weighted by Crippen LogP contribution is -2.45. The fourth-order valence-corrected chi connectivity index (χ4v) is 5.25. The van der Waals surface area contributed by atoms with Crippen molar-refractivity contribution in [3.63, 3.8) is 0 Å². The van der Waals surface area contributed by atoms with E-state index in [1.165, 1.54) is 30.3 Å². The Bertz CT molecular complexity index is 1380. The highest BCUT2D eigenvalue weighted by Gasteiger charge is 2.28. The molecule has 0 aliphatic rings. The minimum absolute atomic E-state index is 0.0335. The molecule has 0 aliphatic heterocycles. The molecule has 0 heterocycles. The Labute approximate surface area is 191 Å². The van der Waals surface area contributed by atoms with Crippen LogP contribution in [-0.2, 0) is 31.3 Å². The number of carbonyl (C=O) groups excluding carboxylic acids is 1. The van der Waals surface area contributed by atoms with E-state index in [1.54, 1.807) is 37.3 Å². The number of aryl methyl sites for hydroxylation is 1. The van der Waals surface area contributed by atoms with Gasteiger partial charge in [0.05, 0.1) is 4.90 Å². The van der Waals surface area contributed by atoms with Crippen LogP contribution in [0.3, 0.4) is 0 Å². The zero-order valence-corrected chi connectivity index (χ0v) is 19.2. The Morgan fingerprint density at radius 3 is 2.21 bits per heavy atom. The summed E-state index contributed by atoms with van der Waals surface area (Å²) in [5, 5.41) is 7.72. The zero-order chi connectivity index (χ0) is 24.2. The highest BCUT2D eigenvalue weighted by molar-refractivity contribution is 7.89. The third kappa shape index (κ3) is 6.23. The monoisotopic (exact) mass is 491 g/mol. The van der Waals surface area contributed by atoms with Crippen molar-refractivity contribution in [2.24, 2.45) is 5.14 Å². The molecule has 0 bridgehead atoms. The summed E-state index contributed by atoms with van der Waals surface area (Å²) in [7, 11) is -8.42. The smallest absolute Gasteiger partial charge is 0.244 e. The van der Waals surface area contributed by atoms with Gasteiger partial charge >= 0.3 is 0 Å². The van der Waals surface area contributed by atoms with Crippen LogP contribution in [0.15, 0.2) is 82.6 Å². The number of carbonyl (C=O) groups is 1. The van der Waals surface area contributed by atoms with Crippen molar-refractivity contribution < 1.29 is 26.0 Å². The highest BCUT2D eigenvalue weighted by atomic mass is 32.2. The Morgan fingerprint density at radius 2 is 1.58 bits per heavy atom. The van der Waals surface area contributed by atoms with Crippen LogP contribution in [0.4, 0.5) is 10.1 Å². The average molecular weight is 492 g/mol. The van der Waals surface area contributed by atoms with Gasteiger partial charge in [0.2, 0.25) is 26.0 Å². The van der Waals surface area contributed by atoms with Gasteiger partial charge in [0.15, 0.2) is 0 Å². The molecule has 3 rings (SSSR count). The maximum Gasteiger partial charge on any atom is 0.244 e.